The molecule has 1 saturated heterocycles. The van der Waals surface area contributed by atoms with Gasteiger partial charge in [0.15, 0.2) is 0 Å². The van der Waals surface area contributed by atoms with Gasteiger partial charge in [-0.15, -0.1) is 17.2 Å². The van der Waals surface area contributed by atoms with Crippen LogP contribution in [0, 0.1) is 0 Å². The van der Waals surface area contributed by atoms with Crippen LogP contribution in [-0.2, 0) is 14.4 Å². The monoisotopic (exact) mass is 498 g/mol. The summed E-state index contributed by atoms with van der Waals surface area (Å²) in [4.78, 5) is 49.7. The zero-order chi connectivity index (χ0) is 23.1. The van der Waals surface area contributed by atoms with E-state index in [1.165, 1.54) is 0 Å². The predicted octanol–water partition coefficient (Wildman–Crippen LogP) is 0.350. The molecule has 0 radical (unpaired) electrons. The van der Waals surface area contributed by atoms with Gasteiger partial charge >= 0.3 is 11.9 Å². The number of carboxylic acid groups (broad SMARTS) is 2. The molecule has 180 valence electrons. The van der Waals surface area contributed by atoms with Crippen LogP contribution in [-0.4, -0.2) is 124 Å². The molecule has 0 bridgehead atoms. The van der Waals surface area contributed by atoms with E-state index in [2.05, 4.69) is 14.7 Å². The molecule has 1 rings (SSSR count). The molecule has 5 N–H and O–H groups in total. The van der Waals surface area contributed by atoms with Gasteiger partial charge in [-0.3, -0.25) is 29.1 Å². The Bertz CT molecular complexity index is 526. The number of rotatable bonds is 15. The van der Waals surface area contributed by atoms with E-state index in [-0.39, 0.29) is 18.7 Å². The van der Waals surface area contributed by atoms with Crippen LogP contribution >= 0.6 is 25.3 Å². The molecule has 0 spiro atoms. The minimum absolute atomic E-state index is 0.0139. The quantitative estimate of drug-likeness (QED) is 0.185. The molecule has 1 heterocycles. The molecule has 1 aliphatic rings. The first kappa shape index (κ1) is 28.6. The molecule has 10 nitrogen and oxygen atoms in total. The van der Waals surface area contributed by atoms with Gasteiger partial charge in [-0.05, 0) is 12.3 Å². The zero-order valence-electron chi connectivity index (χ0n) is 18.0. The lowest BCUT2D eigenvalue weighted by Gasteiger charge is -2.27. The van der Waals surface area contributed by atoms with Crippen molar-refractivity contribution >= 4 is 43.2 Å². The second-order valence-electron chi connectivity index (χ2n) is 7.55. The molecular weight excluding hydrogens is 461 g/mol. The normalized spacial score (nSPS) is 18.9. The third kappa shape index (κ3) is 15.9. The molecule has 0 aliphatic carbocycles. The number of carbonyl (C=O) groups is 3. The second kappa shape index (κ2) is 17.1. The zero-order valence-corrected chi connectivity index (χ0v) is 20.9. The average molecular weight is 498 g/mol. The van der Waals surface area contributed by atoms with Crippen LogP contribution in [0.25, 0.3) is 0 Å². The first-order valence-corrected chi connectivity index (χ1v) is 15.0. The van der Waals surface area contributed by atoms with Gasteiger partial charge in [-0.25, -0.2) is 0 Å². The van der Waals surface area contributed by atoms with E-state index >= 15 is 0 Å². The summed E-state index contributed by atoms with van der Waals surface area (Å²) in [6.45, 7) is 5.13. The van der Waals surface area contributed by atoms with Crippen molar-refractivity contribution in [1.82, 2.24) is 14.7 Å². The van der Waals surface area contributed by atoms with Gasteiger partial charge in [0.1, 0.15) is 0 Å². The maximum atomic E-state index is 11.0. The summed E-state index contributed by atoms with van der Waals surface area (Å²) in [7, 11) is -0.132. The fourth-order valence-electron chi connectivity index (χ4n) is 3.05. The molecule has 1 fully saturated rings. The molecule has 0 aromatic rings. The molecule has 1 amide bonds. The Morgan fingerprint density at radius 3 is 1.68 bits per heavy atom. The lowest BCUT2D eigenvalue weighted by Crippen LogP contribution is -2.36. The van der Waals surface area contributed by atoms with Crippen LogP contribution in [0.1, 0.15) is 19.3 Å². The Morgan fingerprint density at radius 1 is 0.774 bits per heavy atom. The van der Waals surface area contributed by atoms with Gasteiger partial charge < -0.3 is 20.8 Å². The lowest BCUT2D eigenvalue weighted by atomic mass is 10.5. The smallest absolute Gasteiger partial charge is 0.303 e. The third-order valence-corrected chi connectivity index (χ3v) is 8.89. The van der Waals surface area contributed by atoms with Crippen LogP contribution in [0.15, 0.2) is 0 Å². The first-order valence-electron chi connectivity index (χ1n) is 10.5. The molecule has 3 unspecified atom stereocenters. The van der Waals surface area contributed by atoms with Gasteiger partial charge in [-0.1, -0.05) is 0 Å². The van der Waals surface area contributed by atoms with Crippen molar-refractivity contribution in [2.75, 3.05) is 76.6 Å². The molecule has 0 aromatic heterocycles. The van der Waals surface area contributed by atoms with Gasteiger partial charge in [0.25, 0.3) is 0 Å². The summed E-state index contributed by atoms with van der Waals surface area (Å²) in [5.41, 5.74) is 5.22. The first-order chi connectivity index (χ1) is 14.8. The van der Waals surface area contributed by atoms with Crippen molar-refractivity contribution < 1.29 is 29.5 Å². The summed E-state index contributed by atoms with van der Waals surface area (Å²) < 4.78 is 0. The largest absolute Gasteiger partial charge is 0.481 e. The van der Waals surface area contributed by atoms with E-state index in [1.54, 1.807) is 0 Å². The van der Waals surface area contributed by atoms with Crippen molar-refractivity contribution in [3.05, 3.63) is 0 Å². The van der Waals surface area contributed by atoms with Gasteiger partial charge in [0.2, 0.25) is 5.91 Å². The molecular formula is C18H37N4O6P3. The maximum Gasteiger partial charge on any atom is 0.303 e. The van der Waals surface area contributed by atoms with Gasteiger partial charge in [0, 0.05) is 85.3 Å². The highest BCUT2D eigenvalue weighted by Gasteiger charge is 2.19. The van der Waals surface area contributed by atoms with Crippen molar-refractivity contribution in [1.29, 1.82) is 0 Å². The van der Waals surface area contributed by atoms with Crippen LogP contribution < -0.4 is 5.73 Å². The number of hydrogen-bond donors (Lipinski definition) is 4. The summed E-state index contributed by atoms with van der Waals surface area (Å²) in [5, 5.41) is 17.7. The highest BCUT2D eigenvalue weighted by atomic mass is 31.1. The summed E-state index contributed by atoms with van der Waals surface area (Å²) in [6.07, 6.45) is 4.67. The summed E-state index contributed by atoms with van der Waals surface area (Å²) in [5.74, 6) is -1.92. The minimum Gasteiger partial charge on any atom is -0.481 e. The van der Waals surface area contributed by atoms with E-state index in [1.807, 2.05) is 0 Å². The fraction of sp³-hybridized carbons (Fsp3) is 0.833. The summed E-state index contributed by atoms with van der Waals surface area (Å²) >= 11 is 0. The molecule has 1 aliphatic heterocycles. The fourth-order valence-corrected chi connectivity index (χ4v) is 6.78. The number of nitrogens with zero attached hydrogens (tertiary/aromatic N) is 3. The van der Waals surface area contributed by atoms with Crippen molar-refractivity contribution in [3.8, 4) is 0 Å². The van der Waals surface area contributed by atoms with Crippen LogP contribution in [0.3, 0.4) is 0 Å². The van der Waals surface area contributed by atoms with Gasteiger partial charge in [0.05, 0.1) is 6.42 Å². The maximum absolute atomic E-state index is 11.0. The number of carbonyl (C=O) groups excluding carboxylic acids is 1. The molecule has 3 atom stereocenters. The number of hydrogen-bond acceptors (Lipinski definition) is 7. The molecule has 13 heteroatoms. The van der Waals surface area contributed by atoms with Crippen molar-refractivity contribution in [3.63, 3.8) is 0 Å². The Balaban J connectivity index is 2.59. The number of primary amides is 1. The Labute approximate surface area is 189 Å². The minimum atomic E-state index is -1.34. The van der Waals surface area contributed by atoms with E-state index < -0.39 is 20.1 Å². The predicted molar refractivity (Wildman–Crippen MR) is 128 cm³/mol. The van der Waals surface area contributed by atoms with Crippen LogP contribution in [0.4, 0.5) is 0 Å². The van der Waals surface area contributed by atoms with E-state index in [9.17, 15) is 19.3 Å². The lowest BCUT2D eigenvalue weighted by molar-refractivity contribution is -0.137. The summed E-state index contributed by atoms with van der Waals surface area (Å²) in [6, 6.07) is 0. The topological polar surface area (TPSA) is 148 Å². The van der Waals surface area contributed by atoms with E-state index in [0.717, 1.165) is 58.0 Å². The number of amides is 1. The second-order valence-corrected chi connectivity index (χ2v) is 11.9. The Morgan fingerprint density at radius 2 is 1.23 bits per heavy atom. The highest BCUT2D eigenvalue weighted by molar-refractivity contribution is 7.51. The standard InChI is InChI=1S/C18H37N4O6P3/c19-16(23)1-10-29-13-20-4-5-21(14-30-11-2-17(24)25)7-9-22(8-6-20)15-31(28)12-3-18(26)27/h28-30H,1-15H2,(H2,19,23)(H,24,25)(H,26,27). The average Bonchev–Trinajstić information content (AvgIpc) is 2.78. The van der Waals surface area contributed by atoms with Crippen molar-refractivity contribution in [2.24, 2.45) is 5.73 Å². The SMILES string of the molecule is NC(=O)CCPCN1CCN(CPCCC(=O)O)CCN(CP(O)CCC(=O)O)CC1. The number of aliphatic carboxylic acids is 2. The number of carboxylic acids is 2. The van der Waals surface area contributed by atoms with E-state index in [4.69, 9.17) is 15.9 Å². The van der Waals surface area contributed by atoms with Crippen LogP contribution in [0.5, 0.6) is 0 Å². The number of nitrogens with two attached hydrogens (primary N) is 1. The Hall–Kier alpha value is -0.460. The molecule has 0 aromatic carbocycles. The highest BCUT2D eigenvalue weighted by Crippen LogP contribution is 2.31. The van der Waals surface area contributed by atoms with E-state index in [0.29, 0.717) is 42.2 Å². The molecule has 0 saturated carbocycles. The molecule has 31 heavy (non-hydrogen) atoms. The Kier molecular flexibility index (Phi) is 15.7. The third-order valence-electron chi connectivity index (χ3n) is 4.88. The van der Waals surface area contributed by atoms with Crippen molar-refractivity contribution in [2.45, 2.75) is 19.3 Å². The van der Waals surface area contributed by atoms with Gasteiger partial charge in [-0.2, -0.15) is 0 Å². The van der Waals surface area contributed by atoms with Crippen LogP contribution in [0.2, 0.25) is 0 Å².